The van der Waals surface area contributed by atoms with Gasteiger partial charge in [0.2, 0.25) is 17.6 Å². The van der Waals surface area contributed by atoms with Gasteiger partial charge in [0.25, 0.3) is 0 Å². The summed E-state index contributed by atoms with van der Waals surface area (Å²) in [5, 5.41) is 4.89. The van der Waals surface area contributed by atoms with E-state index in [9.17, 15) is 31.5 Å². The van der Waals surface area contributed by atoms with Crippen LogP contribution in [0.15, 0.2) is 24.4 Å². The van der Waals surface area contributed by atoms with Crippen molar-refractivity contribution in [3.8, 4) is 0 Å². The molecule has 1 saturated heterocycles. The summed E-state index contributed by atoms with van der Waals surface area (Å²) < 4.78 is 69.4. The van der Waals surface area contributed by atoms with Crippen molar-refractivity contribution in [2.45, 2.75) is 70.6 Å². The van der Waals surface area contributed by atoms with Gasteiger partial charge in [-0.2, -0.15) is 13.2 Å². The molecule has 2 N–H and O–H groups in total. The zero-order valence-electron chi connectivity index (χ0n) is 21.1. The molecule has 1 aliphatic rings. The van der Waals surface area contributed by atoms with Crippen LogP contribution in [0.5, 0.6) is 0 Å². The van der Waals surface area contributed by atoms with Gasteiger partial charge in [-0.05, 0) is 63.9 Å². The first-order valence-electron chi connectivity index (χ1n) is 12.2. The summed E-state index contributed by atoms with van der Waals surface area (Å²) >= 11 is 0. The lowest BCUT2D eigenvalue weighted by molar-refractivity contribution is -0.149. The van der Waals surface area contributed by atoms with Crippen LogP contribution in [0.3, 0.4) is 0 Å². The van der Waals surface area contributed by atoms with E-state index in [-0.39, 0.29) is 24.2 Å². The monoisotopic (exact) mass is 529 g/mol. The molecule has 1 aromatic heterocycles. The minimum atomic E-state index is -4.75. The molecular weight excluding hydrogens is 497 g/mol. The highest BCUT2D eigenvalue weighted by molar-refractivity contribution is 5.96. The van der Waals surface area contributed by atoms with Crippen LogP contribution < -0.4 is 10.6 Å². The molecule has 0 spiro atoms. The molecule has 2 amide bonds. The van der Waals surface area contributed by atoms with E-state index < -0.39 is 47.0 Å². The number of amides is 2. The van der Waals surface area contributed by atoms with E-state index in [4.69, 9.17) is 0 Å². The molecule has 2 heterocycles. The summed E-state index contributed by atoms with van der Waals surface area (Å²) in [6, 6.07) is 1.61. The number of nitrogens with one attached hydrogen (secondary N) is 2. The Morgan fingerprint density at radius 3 is 2.27 bits per heavy atom. The van der Waals surface area contributed by atoms with E-state index in [1.54, 1.807) is 20.8 Å². The molecule has 1 aromatic carbocycles. The molecule has 1 aliphatic heterocycles. The second kappa shape index (κ2) is 11.6. The zero-order chi connectivity index (χ0) is 27.4. The second-order valence-corrected chi connectivity index (χ2v) is 9.97. The molecule has 204 valence electrons. The van der Waals surface area contributed by atoms with Crippen molar-refractivity contribution in [1.82, 2.24) is 19.8 Å². The largest absolute Gasteiger partial charge is 0.449 e. The lowest BCUT2D eigenvalue weighted by Crippen LogP contribution is -2.44. The van der Waals surface area contributed by atoms with E-state index in [2.05, 4.69) is 20.5 Å². The maximum atomic E-state index is 13.8. The highest BCUT2D eigenvalue weighted by Crippen LogP contribution is 2.34. The maximum absolute atomic E-state index is 13.8. The topological polar surface area (TPSA) is 79.3 Å². The fourth-order valence-corrected chi connectivity index (χ4v) is 4.58. The van der Waals surface area contributed by atoms with Crippen LogP contribution in [0.2, 0.25) is 0 Å². The fourth-order valence-electron chi connectivity index (χ4n) is 4.58. The minimum absolute atomic E-state index is 0.0828. The van der Waals surface area contributed by atoms with E-state index in [0.29, 0.717) is 19.0 Å². The third-order valence-electron chi connectivity index (χ3n) is 6.19. The second-order valence-electron chi connectivity index (χ2n) is 9.97. The number of hydrogen-bond acceptors (Lipinski definition) is 4. The summed E-state index contributed by atoms with van der Waals surface area (Å²) in [6.45, 7) is 7.14. The number of carbonyl (C=O) groups is 2. The first-order chi connectivity index (χ1) is 17.3. The van der Waals surface area contributed by atoms with Crippen molar-refractivity contribution >= 4 is 17.6 Å². The number of rotatable bonds is 10. The normalized spacial score (nSPS) is 15.6. The summed E-state index contributed by atoms with van der Waals surface area (Å²) in [6.07, 6.45) is -1.29. The first kappa shape index (κ1) is 28.5. The number of aromatic nitrogens is 2. The summed E-state index contributed by atoms with van der Waals surface area (Å²) in [5.41, 5.74) is -0.873. The quantitative estimate of drug-likeness (QED) is 0.445. The van der Waals surface area contributed by atoms with Crippen molar-refractivity contribution in [1.29, 1.82) is 0 Å². The van der Waals surface area contributed by atoms with Gasteiger partial charge < -0.3 is 20.1 Å². The number of halogens is 5. The highest BCUT2D eigenvalue weighted by Gasteiger charge is 2.41. The van der Waals surface area contributed by atoms with Crippen LogP contribution in [-0.4, -0.2) is 51.9 Å². The molecule has 3 rings (SSSR count). The van der Waals surface area contributed by atoms with Gasteiger partial charge in [0.05, 0.1) is 12.0 Å². The average Bonchev–Trinajstić information content (AvgIpc) is 3.42. The molecule has 12 heteroatoms. The lowest BCUT2D eigenvalue weighted by atomic mass is 10.0. The molecular formula is C25H32F5N5O2. The first-order valence-corrected chi connectivity index (χ1v) is 12.2. The van der Waals surface area contributed by atoms with Crippen molar-refractivity contribution in [3.05, 3.63) is 47.4 Å². The molecule has 2 aromatic rings. The van der Waals surface area contributed by atoms with Gasteiger partial charge >= 0.3 is 6.18 Å². The number of alkyl halides is 3. The van der Waals surface area contributed by atoms with Crippen molar-refractivity contribution in [3.63, 3.8) is 0 Å². The third-order valence-corrected chi connectivity index (χ3v) is 6.19. The average molecular weight is 530 g/mol. The number of benzene rings is 1. The molecule has 1 unspecified atom stereocenters. The van der Waals surface area contributed by atoms with E-state index >= 15 is 0 Å². The van der Waals surface area contributed by atoms with Gasteiger partial charge in [-0.3, -0.25) is 9.59 Å². The van der Waals surface area contributed by atoms with E-state index in [1.807, 2.05) is 0 Å². The number of anilines is 1. The molecule has 0 saturated carbocycles. The van der Waals surface area contributed by atoms with Crippen molar-refractivity contribution in [2.75, 3.05) is 25.0 Å². The maximum Gasteiger partial charge on any atom is 0.449 e. The van der Waals surface area contributed by atoms with E-state index in [0.717, 1.165) is 48.8 Å². The number of hydrogen-bond donors (Lipinski definition) is 2. The van der Waals surface area contributed by atoms with Gasteiger partial charge in [-0.15, -0.1) is 0 Å². The van der Waals surface area contributed by atoms with Crippen LogP contribution in [0.4, 0.5) is 27.8 Å². The Labute approximate surface area is 212 Å². The molecule has 7 nitrogen and oxygen atoms in total. The molecule has 1 fully saturated rings. The smallest absolute Gasteiger partial charge is 0.344 e. The third kappa shape index (κ3) is 7.73. The Balaban J connectivity index is 1.75. The Morgan fingerprint density at radius 2 is 1.70 bits per heavy atom. The number of imidazole rings is 1. The SMILES string of the molecule is CCCC(NC(=O)Cc1cc(F)cc(F)c1)C(=O)Nc1cn(C(C)(C)CN2CCCC2)c(C(F)(F)F)n1. The standard InChI is InChI=1S/C25H32F5N5O2/c1-4-7-19(31-21(36)12-16-10-17(26)13-18(27)11-16)22(37)32-20-14-35(23(33-20)25(28,29)30)24(2,3)15-34-8-5-6-9-34/h10-11,13-14,19H,4-9,12,15H2,1-3H3,(H,31,36)(H,32,37). The number of nitrogens with zero attached hydrogens (tertiary/aromatic N) is 3. The summed E-state index contributed by atoms with van der Waals surface area (Å²) in [4.78, 5) is 31.1. The molecule has 37 heavy (non-hydrogen) atoms. The van der Waals surface area contributed by atoms with Gasteiger partial charge in [-0.1, -0.05) is 13.3 Å². The molecule has 0 bridgehead atoms. The number of carbonyl (C=O) groups excluding carboxylic acids is 2. The van der Waals surface area contributed by atoms with Crippen molar-refractivity contribution < 1.29 is 31.5 Å². The van der Waals surface area contributed by atoms with Gasteiger partial charge in [0.15, 0.2) is 5.82 Å². The predicted molar refractivity (Wildman–Crippen MR) is 128 cm³/mol. The van der Waals surface area contributed by atoms with Gasteiger partial charge in [0, 0.05) is 18.8 Å². The fraction of sp³-hybridized carbons (Fsp3) is 0.560. The highest BCUT2D eigenvalue weighted by atomic mass is 19.4. The van der Waals surface area contributed by atoms with E-state index in [1.165, 1.54) is 0 Å². The molecule has 0 aliphatic carbocycles. The molecule has 0 radical (unpaired) electrons. The summed E-state index contributed by atoms with van der Waals surface area (Å²) in [7, 11) is 0. The Bertz CT molecular complexity index is 1090. The zero-order valence-corrected chi connectivity index (χ0v) is 21.1. The summed E-state index contributed by atoms with van der Waals surface area (Å²) in [5.74, 6) is -4.49. The van der Waals surface area contributed by atoms with Gasteiger partial charge in [-0.25, -0.2) is 13.8 Å². The predicted octanol–water partition coefficient (Wildman–Crippen LogP) is 4.48. The van der Waals surface area contributed by atoms with Crippen molar-refractivity contribution in [2.24, 2.45) is 0 Å². The van der Waals surface area contributed by atoms with Crippen LogP contribution in [-0.2, 0) is 27.7 Å². The Morgan fingerprint density at radius 1 is 1.08 bits per heavy atom. The Hall–Kier alpha value is -3.02. The minimum Gasteiger partial charge on any atom is -0.344 e. The lowest BCUT2D eigenvalue weighted by Gasteiger charge is -2.33. The van der Waals surface area contributed by atoms with Crippen LogP contribution >= 0.6 is 0 Å². The van der Waals surface area contributed by atoms with Crippen LogP contribution in [0.25, 0.3) is 0 Å². The Kier molecular flexibility index (Phi) is 8.93. The van der Waals surface area contributed by atoms with Gasteiger partial charge in [0.1, 0.15) is 17.7 Å². The van der Waals surface area contributed by atoms with Crippen LogP contribution in [0, 0.1) is 11.6 Å². The molecule has 1 atom stereocenters. The van der Waals surface area contributed by atoms with Crippen LogP contribution in [0.1, 0.15) is 57.8 Å². The number of likely N-dealkylation sites (tertiary alicyclic amines) is 1.